The average molecular weight is 162 g/mol. The van der Waals surface area contributed by atoms with Gasteiger partial charge in [0.05, 0.1) is 6.33 Å². The van der Waals surface area contributed by atoms with Gasteiger partial charge in [-0.25, -0.2) is 4.39 Å². The Bertz CT molecular complexity index is 283. The Hall–Kier alpha value is -1.11. The summed E-state index contributed by atoms with van der Waals surface area (Å²) >= 11 is 0. The average Bonchev–Trinajstić information content (AvgIpc) is 2.92. The molecule has 0 aromatic heterocycles. The van der Waals surface area contributed by atoms with Crippen LogP contribution in [0.1, 0.15) is 18.4 Å². The van der Waals surface area contributed by atoms with Crippen molar-refractivity contribution in [2.75, 3.05) is 0 Å². The summed E-state index contributed by atoms with van der Waals surface area (Å²) in [5, 5.41) is 0. The Morgan fingerprint density at radius 1 is 1.25 bits per heavy atom. The molecular weight excluding hydrogens is 151 g/mol. The third-order valence-corrected chi connectivity index (χ3v) is 2.24. The van der Waals surface area contributed by atoms with Gasteiger partial charge in [0.1, 0.15) is 0 Å². The normalized spacial score (nSPS) is 17.9. The van der Waals surface area contributed by atoms with Crippen LogP contribution < -0.4 is 0 Å². The maximum absolute atomic E-state index is 12.5. The van der Waals surface area contributed by atoms with Crippen LogP contribution in [0.2, 0.25) is 0 Å². The van der Waals surface area contributed by atoms with Gasteiger partial charge in [-0.2, -0.15) is 0 Å². The fraction of sp³-hybridized carbons (Fsp3) is 0.273. The smallest absolute Gasteiger partial charge is 0.0907 e. The van der Waals surface area contributed by atoms with Crippen LogP contribution in [-0.4, -0.2) is 0 Å². The van der Waals surface area contributed by atoms with E-state index in [1.165, 1.54) is 0 Å². The van der Waals surface area contributed by atoms with Gasteiger partial charge < -0.3 is 0 Å². The van der Waals surface area contributed by atoms with Gasteiger partial charge in [0.2, 0.25) is 0 Å². The van der Waals surface area contributed by atoms with Crippen LogP contribution >= 0.6 is 0 Å². The zero-order valence-corrected chi connectivity index (χ0v) is 6.83. The Labute approximate surface area is 71.7 Å². The molecule has 0 spiro atoms. The van der Waals surface area contributed by atoms with Crippen molar-refractivity contribution in [1.82, 2.24) is 0 Å². The number of halogens is 1. The van der Waals surface area contributed by atoms with Gasteiger partial charge in [-0.15, -0.1) is 0 Å². The van der Waals surface area contributed by atoms with Crippen LogP contribution in [0.5, 0.6) is 0 Å². The van der Waals surface area contributed by atoms with E-state index in [0.717, 1.165) is 30.3 Å². The molecule has 12 heavy (non-hydrogen) atoms. The second kappa shape index (κ2) is 3.10. The lowest BCUT2D eigenvalue weighted by atomic mass is 10.0. The molecule has 1 aromatic rings. The predicted molar refractivity (Wildman–Crippen MR) is 48.3 cm³/mol. The van der Waals surface area contributed by atoms with Crippen molar-refractivity contribution >= 4 is 5.57 Å². The minimum absolute atomic E-state index is 0.484. The summed E-state index contributed by atoms with van der Waals surface area (Å²) in [7, 11) is 0. The van der Waals surface area contributed by atoms with Crippen molar-refractivity contribution in [1.29, 1.82) is 0 Å². The summed E-state index contributed by atoms with van der Waals surface area (Å²) in [6.07, 6.45) is 3.04. The molecular formula is C11H11F. The van der Waals surface area contributed by atoms with E-state index < -0.39 is 0 Å². The molecule has 62 valence electrons. The number of hydrogen-bond donors (Lipinski definition) is 0. The fourth-order valence-electron chi connectivity index (χ4n) is 1.41. The number of rotatable bonds is 2. The first kappa shape index (κ1) is 7.53. The molecule has 0 heterocycles. The molecule has 0 amide bonds. The maximum Gasteiger partial charge on any atom is 0.0907 e. The largest absolute Gasteiger partial charge is 0.215 e. The fourth-order valence-corrected chi connectivity index (χ4v) is 1.41. The molecule has 1 saturated carbocycles. The minimum atomic E-state index is 0.484. The second-order valence-corrected chi connectivity index (χ2v) is 3.20. The molecule has 0 bridgehead atoms. The Balaban J connectivity index is 2.28. The topological polar surface area (TPSA) is 0 Å². The third-order valence-electron chi connectivity index (χ3n) is 2.24. The molecule has 2 rings (SSSR count). The third kappa shape index (κ3) is 1.40. The van der Waals surface area contributed by atoms with Gasteiger partial charge in [-0.1, -0.05) is 30.3 Å². The molecule has 0 N–H and O–H groups in total. The number of benzene rings is 1. The molecule has 0 atom stereocenters. The molecule has 0 radical (unpaired) electrons. The van der Waals surface area contributed by atoms with Gasteiger partial charge in [0.25, 0.3) is 0 Å². The maximum atomic E-state index is 12.5. The molecule has 0 nitrogen and oxygen atoms in total. The Morgan fingerprint density at radius 2 is 1.92 bits per heavy atom. The number of allylic oxidation sites excluding steroid dienone is 1. The van der Waals surface area contributed by atoms with Crippen molar-refractivity contribution in [3.63, 3.8) is 0 Å². The lowest BCUT2D eigenvalue weighted by molar-refractivity contribution is 0.718. The Morgan fingerprint density at radius 3 is 2.42 bits per heavy atom. The van der Waals surface area contributed by atoms with E-state index in [-0.39, 0.29) is 0 Å². The van der Waals surface area contributed by atoms with Crippen LogP contribution in [0.15, 0.2) is 36.7 Å². The highest BCUT2D eigenvalue weighted by Crippen LogP contribution is 2.41. The quantitative estimate of drug-likeness (QED) is 0.625. The van der Waals surface area contributed by atoms with Gasteiger partial charge in [-0.05, 0) is 29.9 Å². The lowest BCUT2D eigenvalue weighted by Gasteiger charge is -2.02. The minimum Gasteiger partial charge on any atom is -0.215 e. The number of hydrogen-bond acceptors (Lipinski definition) is 0. The standard InChI is InChI=1S/C11H11F/c12-8-11(10-6-7-10)9-4-2-1-3-5-9/h1-5,8,10H,6-7H2. The summed E-state index contributed by atoms with van der Waals surface area (Å²) in [6, 6.07) is 9.77. The van der Waals surface area contributed by atoms with Crippen molar-refractivity contribution < 1.29 is 4.39 Å². The molecule has 1 aromatic carbocycles. The first-order valence-electron chi connectivity index (χ1n) is 4.27. The summed E-state index contributed by atoms with van der Waals surface area (Å²) < 4.78 is 12.5. The lowest BCUT2D eigenvalue weighted by Crippen LogP contribution is -1.84. The van der Waals surface area contributed by atoms with E-state index in [9.17, 15) is 4.39 Å². The van der Waals surface area contributed by atoms with Crippen molar-refractivity contribution in [2.24, 2.45) is 5.92 Å². The van der Waals surface area contributed by atoms with Gasteiger partial charge in [0.15, 0.2) is 0 Å². The molecule has 1 heteroatoms. The van der Waals surface area contributed by atoms with E-state index >= 15 is 0 Å². The highest BCUT2D eigenvalue weighted by atomic mass is 19.1. The molecule has 0 unspecified atom stereocenters. The van der Waals surface area contributed by atoms with Gasteiger partial charge in [-0.3, -0.25) is 0 Å². The van der Waals surface area contributed by atoms with Crippen LogP contribution in [0.3, 0.4) is 0 Å². The SMILES string of the molecule is FC=C(c1ccccc1)C1CC1. The van der Waals surface area contributed by atoms with E-state index in [1.807, 2.05) is 30.3 Å². The van der Waals surface area contributed by atoms with Crippen LogP contribution in [0, 0.1) is 5.92 Å². The monoisotopic (exact) mass is 162 g/mol. The highest BCUT2D eigenvalue weighted by molar-refractivity contribution is 5.68. The summed E-state index contributed by atoms with van der Waals surface area (Å²) in [4.78, 5) is 0. The summed E-state index contributed by atoms with van der Waals surface area (Å²) in [5.41, 5.74) is 1.90. The molecule has 1 aliphatic carbocycles. The highest BCUT2D eigenvalue weighted by Gasteiger charge is 2.26. The van der Waals surface area contributed by atoms with Gasteiger partial charge >= 0.3 is 0 Å². The summed E-state index contributed by atoms with van der Waals surface area (Å²) in [6.45, 7) is 0. The molecule has 1 aliphatic rings. The van der Waals surface area contributed by atoms with Crippen LogP contribution in [0.4, 0.5) is 4.39 Å². The molecule has 0 aliphatic heterocycles. The van der Waals surface area contributed by atoms with E-state index in [4.69, 9.17) is 0 Å². The predicted octanol–water partition coefficient (Wildman–Crippen LogP) is 3.41. The summed E-state index contributed by atoms with van der Waals surface area (Å²) in [5.74, 6) is 0.484. The van der Waals surface area contributed by atoms with Crippen LogP contribution in [-0.2, 0) is 0 Å². The van der Waals surface area contributed by atoms with Crippen LogP contribution in [0.25, 0.3) is 5.57 Å². The van der Waals surface area contributed by atoms with Gasteiger partial charge in [0, 0.05) is 0 Å². The van der Waals surface area contributed by atoms with E-state index in [0.29, 0.717) is 5.92 Å². The second-order valence-electron chi connectivity index (χ2n) is 3.20. The van der Waals surface area contributed by atoms with Crippen molar-refractivity contribution in [3.8, 4) is 0 Å². The van der Waals surface area contributed by atoms with Crippen molar-refractivity contribution in [2.45, 2.75) is 12.8 Å². The molecule has 0 saturated heterocycles. The first-order chi connectivity index (χ1) is 5.92. The van der Waals surface area contributed by atoms with Crippen molar-refractivity contribution in [3.05, 3.63) is 42.2 Å². The first-order valence-corrected chi connectivity index (χ1v) is 4.27. The van der Waals surface area contributed by atoms with E-state index in [1.54, 1.807) is 0 Å². The zero-order chi connectivity index (χ0) is 8.39. The Kier molecular flexibility index (Phi) is 1.94. The van der Waals surface area contributed by atoms with E-state index in [2.05, 4.69) is 0 Å². The zero-order valence-electron chi connectivity index (χ0n) is 6.83. The molecule has 1 fully saturated rings.